The SMILES string of the molecule is Cc1cnc(NC(=O)c2cc(Oc3ncc(C(=O)N4CCC4)cc3Cl)cc(O[C@H]3CCOC3)c2)s1. The molecule has 4 heterocycles. The average molecular weight is 515 g/mol. The van der Waals surface area contributed by atoms with Crippen LogP contribution in [0, 0.1) is 6.92 Å². The highest BCUT2D eigenvalue weighted by atomic mass is 35.5. The highest BCUT2D eigenvalue weighted by Crippen LogP contribution is 2.32. The van der Waals surface area contributed by atoms with E-state index in [1.807, 2.05) is 6.92 Å². The number of ether oxygens (including phenoxy) is 3. The van der Waals surface area contributed by atoms with Crippen molar-refractivity contribution in [2.24, 2.45) is 0 Å². The molecule has 2 aliphatic heterocycles. The fourth-order valence-electron chi connectivity index (χ4n) is 3.64. The summed E-state index contributed by atoms with van der Waals surface area (Å²) in [5.41, 5.74) is 0.726. The van der Waals surface area contributed by atoms with Crippen molar-refractivity contribution in [3.8, 4) is 17.4 Å². The smallest absolute Gasteiger partial charge is 0.257 e. The monoisotopic (exact) mass is 514 g/mol. The lowest BCUT2D eigenvalue weighted by atomic mass is 10.1. The van der Waals surface area contributed by atoms with Crippen LogP contribution in [0.15, 0.2) is 36.7 Å². The molecule has 2 amide bonds. The van der Waals surface area contributed by atoms with Gasteiger partial charge in [-0.15, -0.1) is 11.3 Å². The number of aryl methyl sites for hydroxylation is 1. The summed E-state index contributed by atoms with van der Waals surface area (Å²) in [5, 5.41) is 3.48. The third-order valence-electron chi connectivity index (χ3n) is 5.59. The Labute approximate surface area is 211 Å². The molecule has 1 atom stereocenters. The molecule has 1 N–H and O–H groups in total. The normalized spacial score (nSPS) is 17.1. The molecule has 2 saturated heterocycles. The van der Waals surface area contributed by atoms with E-state index in [-0.39, 0.29) is 28.8 Å². The standard InChI is InChI=1S/C24H23ClN4O5S/c1-14-11-27-24(35-14)28-21(30)15-7-18(33-17-3-6-32-13-17)10-19(8-15)34-22-20(25)9-16(12-26-22)23(31)29-4-2-5-29/h7-12,17H,2-6,13H2,1H3,(H,27,28,30)/t17-/m0/s1. The van der Waals surface area contributed by atoms with Gasteiger partial charge in [-0.3, -0.25) is 14.9 Å². The number of rotatable bonds is 7. The largest absolute Gasteiger partial charge is 0.488 e. The van der Waals surface area contributed by atoms with Crippen LogP contribution in [0.5, 0.6) is 17.4 Å². The van der Waals surface area contributed by atoms with Gasteiger partial charge >= 0.3 is 0 Å². The van der Waals surface area contributed by atoms with Crippen molar-refractivity contribution in [1.82, 2.24) is 14.9 Å². The number of nitrogens with zero attached hydrogens (tertiary/aromatic N) is 3. The Kier molecular flexibility index (Phi) is 6.85. The number of anilines is 1. The number of benzene rings is 1. The molecule has 0 bridgehead atoms. The fourth-order valence-corrected chi connectivity index (χ4v) is 4.51. The Morgan fingerprint density at radius 3 is 2.63 bits per heavy atom. The number of carbonyl (C=O) groups is 2. The summed E-state index contributed by atoms with van der Waals surface area (Å²) in [5.74, 6) is 0.432. The third-order valence-corrected chi connectivity index (χ3v) is 6.69. The molecule has 0 unspecified atom stereocenters. The predicted octanol–water partition coefficient (Wildman–Crippen LogP) is 4.56. The number of amides is 2. The van der Waals surface area contributed by atoms with Crippen LogP contribution >= 0.6 is 22.9 Å². The van der Waals surface area contributed by atoms with Crippen LogP contribution < -0.4 is 14.8 Å². The lowest BCUT2D eigenvalue weighted by Gasteiger charge is -2.30. The number of hydrogen-bond donors (Lipinski definition) is 1. The van der Waals surface area contributed by atoms with E-state index < -0.39 is 0 Å². The first-order chi connectivity index (χ1) is 16.9. The fraction of sp³-hybridized carbons (Fsp3) is 0.333. The first-order valence-corrected chi connectivity index (χ1v) is 12.4. The summed E-state index contributed by atoms with van der Waals surface area (Å²) < 4.78 is 17.3. The second kappa shape index (κ2) is 10.2. The molecule has 0 saturated carbocycles. The first kappa shape index (κ1) is 23.5. The summed E-state index contributed by atoms with van der Waals surface area (Å²) in [6, 6.07) is 6.43. The highest BCUT2D eigenvalue weighted by Gasteiger charge is 2.23. The molecule has 1 aromatic carbocycles. The van der Waals surface area contributed by atoms with Crippen molar-refractivity contribution < 1.29 is 23.8 Å². The number of likely N-dealkylation sites (tertiary alicyclic amines) is 1. The van der Waals surface area contributed by atoms with Crippen LogP contribution in [0.3, 0.4) is 0 Å². The zero-order chi connectivity index (χ0) is 24.4. The lowest BCUT2D eigenvalue weighted by Crippen LogP contribution is -2.42. The van der Waals surface area contributed by atoms with Gasteiger partial charge in [0, 0.05) is 48.4 Å². The van der Waals surface area contributed by atoms with Gasteiger partial charge in [0.05, 0.1) is 18.8 Å². The van der Waals surface area contributed by atoms with E-state index in [9.17, 15) is 9.59 Å². The summed E-state index contributed by atoms with van der Waals surface area (Å²) in [6.07, 6.45) is 4.77. The number of thiazole rings is 1. The second-order valence-corrected chi connectivity index (χ2v) is 9.93. The number of hydrogen-bond acceptors (Lipinski definition) is 8. The number of halogens is 1. The molecule has 182 valence electrons. The van der Waals surface area contributed by atoms with Gasteiger partial charge in [-0.25, -0.2) is 9.97 Å². The number of nitrogens with one attached hydrogen (secondary N) is 1. The van der Waals surface area contributed by atoms with Crippen LogP contribution in [-0.2, 0) is 4.74 Å². The van der Waals surface area contributed by atoms with Crippen LogP contribution in [0.4, 0.5) is 5.13 Å². The summed E-state index contributed by atoms with van der Waals surface area (Å²) in [6.45, 7) is 4.49. The number of pyridine rings is 1. The Bertz CT molecular complexity index is 1260. The Morgan fingerprint density at radius 2 is 1.97 bits per heavy atom. The maximum absolute atomic E-state index is 12.9. The Balaban J connectivity index is 1.39. The maximum atomic E-state index is 12.9. The molecule has 0 radical (unpaired) electrons. The predicted molar refractivity (Wildman–Crippen MR) is 131 cm³/mol. The van der Waals surface area contributed by atoms with Crippen molar-refractivity contribution in [1.29, 1.82) is 0 Å². The van der Waals surface area contributed by atoms with E-state index >= 15 is 0 Å². The summed E-state index contributed by atoms with van der Waals surface area (Å²) >= 11 is 7.77. The quantitative estimate of drug-likeness (QED) is 0.493. The van der Waals surface area contributed by atoms with Crippen LogP contribution in [-0.4, -0.2) is 59.1 Å². The Morgan fingerprint density at radius 1 is 1.14 bits per heavy atom. The van der Waals surface area contributed by atoms with Gasteiger partial charge in [0.2, 0.25) is 5.88 Å². The minimum atomic E-state index is -0.355. The van der Waals surface area contributed by atoms with E-state index in [1.54, 1.807) is 35.4 Å². The first-order valence-electron chi connectivity index (χ1n) is 11.2. The zero-order valence-electron chi connectivity index (χ0n) is 19.0. The van der Waals surface area contributed by atoms with Gasteiger partial charge in [0.25, 0.3) is 11.8 Å². The van der Waals surface area contributed by atoms with Gasteiger partial charge < -0.3 is 19.1 Å². The van der Waals surface area contributed by atoms with Crippen molar-refractivity contribution in [2.45, 2.75) is 25.9 Å². The highest BCUT2D eigenvalue weighted by molar-refractivity contribution is 7.15. The molecular weight excluding hydrogens is 492 g/mol. The van der Waals surface area contributed by atoms with Crippen molar-refractivity contribution in [2.75, 3.05) is 31.6 Å². The molecule has 0 aliphatic carbocycles. The second-order valence-electron chi connectivity index (χ2n) is 8.29. The molecule has 5 rings (SSSR count). The minimum Gasteiger partial charge on any atom is -0.488 e. The maximum Gasteiger partial charge on any atom is 0.257 e. The lowest BCUT2D eigenvalue weighted by molar-refractivity contribution is 0.0651. The van der Waals surface area contributed by atoms with E-state index in [0.717, 1.165) is 30.8 Å². The molecule has 11 heteroatoms. The van der Waals surface area contributed by atoms with E-state index in [1.165, 1.54) is 17.5 Å². The van der Waals surface area contributed by atoms with Crippen LogP contribution in [0.25, 0.3) is 0 Å². The van der Waals surface area contributed by atoms with E-state index in [4.69, 9.17) is 25.8 Å². The van der Waals surface area contributed by atoms with Gasteiger partial charge in [0.15, 0.2) is 5.13 Å². The van der Waals surface area contributed by atoms with Gasteiger partial charge in [-0.2, -0.15) is 0 Å². The molecule has 3 aromatic rings. The molecule has 9 nitrogen and oxygen atoms in total. The minimum absolute atomic E-state index is 0.109. The molecule has 2 fully saturated rings. The Hall–Kier alpha value is -3.21. The topological polar surface area (TPSA) is 103 Å². The summed E-state index contributed by atoms with van der Waals surface area (Å²) in [4.78, 5) is 36.5. The van der Waals surface area contributed by atoms with Crippen molar-refractivity contribution in [3.05, 3.63) is 57.7 Å². The van der Waals surface area contributed by atoms with Gasteiger partial charge in [-0.05, 0) is 31.5 Å². The van der Waals surface area contributed by atoms with Crippen LogP contribution in [0.2, 0.25) is 5.02 Å². The average Bonchev–Trinajstić information content (AvgIpc) is 3.45. The zero-order valence-corrected chi connectivity index (χ0v) is 20.5. The summed E-state index contributed by atoms with van der Waals surface area (Å²) in [7, 11) is 0. The van der Waals surface area contributed by atoms with E-state index in [0.29, 0.717) is 41.0 Å². The molecule has 0 spiro atoms. The molecule has 2 aromatic heterocycles. The van der Waals surface area contributed by atoms with Gasteiger partial charge in [0.1, 0.15) is 22.6 Å². The molecule has 2 aliphatic rings. The number of aromatic nitrogens is 2. The van der Waals surface area contributed by atoms with Gasteiger partial charge in [-0.1, -0.05) is 11.6 Å². The third kappa shape index (κ3) is 5.55. The molecular formula is C24H23ClN4O5S. The van der Waals surface area contributed by atoms with Crippen molar-refractivity contribution >= 4 is 39.9 Å². The molecule has 35 heavy (non-hydrogen) atoms. The van der Waals surface area contributed by atoms with Crippen LogP contribution in [0.1, 0.15) is 38.4 Å². The number of carbonyl (C=O) groups excluding carboxylic acids is 2. The van der Waals surface area contributed by atoms with E-state index in [2.05, 4.69) is 15.3 Å². The van der Waals surface area contributed by atoms with Crippen molar-refractivity contribution in [3.63, 3.8) is 0 Å².